The summed E-state index contributed by atoms with van der Waals surface area (Å²) in [6, 6.07) is 0. The highest BCUT2D eigenvalue weighted by atomic mass is 31.2. The van der Waals surface area contributed by atoms with Crippen LogP contribution >= 0.6 is 30.4 Å². The van der Waals surface area contributed by atoms with Gasteiger partial charge in [0, 0.05) is 52.4 Å². The van der Waals surface area contributed by atoms with Gasteiger partial charge in [0.25, 0.3) is 0 Å². The van der Waals surface area contributed by atoms with Gasteiger partial charge in [0.15, 0.2) is 0 Å². The first-order chi connectivity index (χ1) is 17.3. The summed E-state index contributed by atoms with van der Waals surface area (Å²) in [6.45, 7) is 3.84. The maximum atomic E-state index is 11.4. The Kier molecular flexibility index (Phi) is 16.1. The second-order valence-electron chi connectivity index (χ2n) is 9.63. The average molecular weight is 632 g/mol. The first-order valence-electron chi connectivity index (χ1n) is 12.4. The molecular weight excluding hydrogens is 588 g/mol. The van der Waals surface area contributed by atoms with E-state index in [-0.39, 0.29) is 50.8 Å². The Balaban J connectivity index is 3.01. The molecule has 1 heterocycles. The minimum absolute atomic E-state index is 0.120. The van der Waals surface area contributed by atoms with Crippen LogP contribution in [0.1, 0.15) is 12.8 Å². The van der Waals surface area contributed by atoms with Gasteiger partial charge in [0.2, 0.25) is 0 Å². The Labute approximate surface area is 223 Å². The van der Waals surface area contributed by atoms with E-state index in [0.717, 1.165) is 0 Å². The van der Waals surface area contributed by atoms with E-state index in [1.807, 2.05) is 19.6 Å². The SMILES string of the molecule is O=P(O)(O)CCN1CCCN(CCP(=O)(O)O)CCN(CCP(=O)(O)O)CCCN(CCP(=O)(O)O)CC1. The quantitative estimate of drug-likeness (QED) is 0.117. The molecule has 0 unspecified atom stereocenters. The minimum Gasteiger partial charge on any atom is -0.324 e. The number of hydrogen-bond acceptors (Lipinski definition) is 8. The highest BCUT2D eigenvalue weighted by molar-refractivity contribution is 7.52. The van der Waals surface area contributed by atoms with Gasteiger partial charge >= 0.3 is 30.4 Å². The molecule has 16 nitrogen and oxygen atoms in total. The van der Waals surface area contributed by atoms with Gasteiger partial charge in [0.1, 0.15) is 0 Å². The largest absolute Gasteiger partial charge is 0.326 e. The molecule has 8 N–H and O–H groups in total. The molecule has 1 aliphatic rings. The van der Waals surface area contributed by atoms with E-state index in [1.165, 1.54) is 0 Å². The molecule has 0 atom stereocenters. The normalized spacial score (nSPS) is 20.4. The third-order valence-corrected chi connectivity index (χ3v) is 9.32. The number of rotatable bonds is 12. The second-order valence-corrected chi connectivity index (χ2v) is 16.7. The van der Waals surface area contributed by atoms with Crippen LogP contribution in [0.5, 0.6) is 0 Å². The van der Waals surface area contributed by atoms with E-state index in [9.17, 15) is 57.4 Å². The van der Waals surface area contributed by atoms with Crippen molar-refractivity contribution in [1.82, 2.24) is 19.6 Å². The van der Waals surface area contributed by atoms with Gasteiger partial charge in [-0.25, -0.2) is 0 Å². The van der Waals surface area contributed by atoms with Crippen LogP contribution in [0.2, 0.25) is 0 Å². The van der Waals surface area contributed by atoms with Gasteiger partial charge < -0.3 is 58.7 Å². The molecule has 1 saturated heterocycles. The van der Waals surface area contributed by atoms with Crippen LogP contribution in [0.4, 0.5) is 0 Å². The molecule has 0 saturated carbocycles. The molecule has 0 aromatic rings. The maximum absolute atomic E-state index is 11.4. The zero-order valence-corrected chi connectivity index (χ0v) is 25.1. The van der Waals surface area contributed by atoms with Crippen molar-refractivity contribution in [2.45, 2.75) is 12.8 Å². The van der Waals surface area contributed by atoms with Gasteiger partial charge in [-0.05, 0) is 39.0 Å². The van der Waals surface area contributed by atoms with Crippen LogP contribution in [0.25, 0.3) is 0 Å². The van der Waals surface area contributed by atoms with Crippen molar-refractivity contribution in [2.24, 2.45) is 0 Å². The van der Waals surface area contributed by atoms with Crippen molar-refractivity contribution in [2.75, 3.05) is 103 Å². The van der Waals surface area contributed by atoms with Crippen LogP contribution in [0, 0.1) is 0 Å². The fourth-order valence-electron chi connectivity index (χ4n) is 4.03. The lowest BCUT2D eigenvalue weighted by Gasteiger charge is -2.32. The van der Waals surface area contributed by atoms with Gasteiger partial charge in [-0.3, -0.25) is 18.3 Å². The lowest BCUT2D eigenvalue weighted by atomic mass is 10.3. The van der Waals surface area contributed by atoms with Crippen molar-refractivity contribution < 1.29 is 57.4 Å². The van der Waals surface area contributed by atoms with Crippen molar-refractivity contribution in [3.8, 4) is 0 Å². The predicted molar refractivity (Wildman–Crippen MR) is 143 cm³/mol. The van der Waals surface area contributed by atoms with E-state index in [2.05, 4.69) is 0 Å². The Hall–Kier alpha value is 0.440. The highest BCUT2D eigenvalue weighted by Gasteiger charge is 2.22. The minimum atomic E-state index is -4.24. The third kappa shape index (κ3) is 21.2. The summed E-state index contributed by atoms with van der Waals surface area (Å²) in [5, 5.41) is 0. The molecule has 0 amide bonds. The lowest BCUT2D eigenvalue weighted by molar-refractivity contribution is 0.166. The van der Waals surface area contributed by atoms with Crippen LogP contribution in [-0.2, 0) is 18.3 Å². The molecular formula is C18H44N4O12P4. The summed E-state index contributed by atoms with van der Waals surface area (Å²) < 4.78 is 45.7. The number of hydrogen-bond donors (Lipinski definition) is 8. The molecule has 20 heteroatoms. The smallest absolute Gasteiger partial charge is 0.324 e. The van der Waals surface area contributed by atoms with Crippen LogP contribution in [0.15, 0.2) is 0 Å². The van der Waals surface area contributed by atoms with Crippen molar-refractivity contribution >= 4 is 30.4 Å². The standard InChI is InChI=1S/C18H44N4O12P4/c23-35(24,25)15-11-19-3-1-4-20(12-16-36(26,27)28)8-10-22(14-18-38(32,33)34)6-2-5-21(9-7-19)13-17-37(29,30)31/h1-18H2,(H2,23,24,25)(H2,26,27,28)(H2,29,30,31)(H2,32,33,34). The monoisotopic (exact) mass is 632 g/mol. The van der Waals surface area contributed by atoms with E-state index in [4.69, 9.17) is 0 Å². The van der Waals surface area contributed by atoms with Crippen molar-refractivity contribution in [3.63, 3.8) is 0 Å². The second kappa shape index (κ2) is 16.8. The lowest BCUT2D eigenvalue weighted by Crippen LogP contribution is -2.43. The highest BCUT2D eigenvalue weighted by Crippen LogP contribution is 2.35. The Morgan fingerprint density at radius 1 is 0.368 bits per heavy atom. The zero-order chi connectivity index (χ0) is 29.0. The molecule has 38 heavy (non-hydrogen) atoms. The molecule has 1 aliphatic heterocycles. The van der Waals surface area contributed by atoms with Gasteiger partial charge in [-0.1, -0.05) is 0 Å². The van der Waals surface area contributed by atoms with E-state index in [0.29, 0.717) is 65.2 Å². The summed E-state index contributed by atoms with van der Waals surface area (Å²) in [4.78, 5) is 81.9. The molecule has 0 radical (unpaired) electrons. The molecule has 0 bridgehead atoms. The van der Waals surface area contributed by atoms with E-state index >= 15 is 0 Å². The Morgan fingerprint density at radius 2 is 0.553 bits per heavy atom. The first-order valence-corrected chi connectivity index (χ1v) is 19.6. The van der Waals surface area contributed by atoms with Crippen LogP contribution in [0.3, 0.4) is 0 Å². The molecule has 1 rings (SSSR count). The molecule has 0 aromatic heterocycles. The zero-order valence-electron chi connectivity index (χ0n) is 21.5. The van der Waals surface area contributed by atoms with Crippen molar-refractivity contribution in [1.29, 1.82) is 0 Å². The fourth-order valence-corrected chi connectivity index (χ4v) is 6.20. The molecule has 0 spiro atoms. The third-order valence-electron chi connectivity index (χ3n) is 6.19. The molecule has 228 valence electrons. The predicted octanol–water partition coefficient (Wildman–Crippen LogP) is -1.30. The van der Waals surface area contributed by atoms with Crippen LogP contribution < -0.4 is 0 Å². The topological polar surface area (TPSA) is 243 Å². The first kappa shape index (κ1) is 36.5. The fraction of sp³-hybridized carbons (Fsp3) is 1.00. The molecule has 0 aromatic carbocycles. The van der Waals surface area contributed by atoms with E-state index in [1.54, 1.807) is 0 Å². The summed E-state index contributed by atoms with van der Waals surface area (Å²) >= 11 is 0. The van der Waals surface area contributed by atoms with Gasteiger partial charge in [0.05, 0.1) is 24.6 Å². The van der Waals surface area contributed by atoms with Gasteiger partial charge in [-0.15, -0.1) is 0 Å². The molecule has 1 fully saturated rings. The molecule has 0 aliphatic carbocycles. The number of nitrogens with zero attached hydrogens (tertiary/aromatic N) is 4. The maximum Gasteiger partial charge on any atom is 0.326 e. The Morgan fingerprint density at radius 3 is 0.711 bits per heavy atom. The van der Waals surface area contributed by atoms with Crippen molar-refractivity contribution in [3.05, 3.63) is 0 Å². The van der Waals surface area contributed by atoms with E-state index < -0.39 is 30.4 Å². The summed E-state index contributed by atoms with van der Waals surface area (Å²) in [7, 11) is -17.0. The Bertz CT molecular complexity index is 737. The average Bonchev–Trinajstić information content (AvgIpc) is 2.74. The summed E-state index contributed by atoms with van der Waals surface area (Å²) in [5.74, 6) is 0. The summed E-state index contributed by atoms with van der Waals surface area (Å²) in [6.07, 6.45) is -0.295. The van der Waals surface area contributed by atoms with Crippen LogP contribution in [-0.4, -0.2) is 162 Å². The van der Waals surface area contributed by atoms with Gasteiger partial charge in [-0.2, -0.15) is 0 Å². The summed E-state index contributed by atoms with van der Waals surface area (Å²) in [5.41, 5.74) is 0.